The summed E-state index contributed by atoms with van der Waals surface area (Å²) in [5.41, 5.74) is 11.8. The molecule has 7 nitrogen and oxygen atoms in total. The third-order valence-corrected chi connectivity index (χ3v) is 5.48. The SMILES string of the molecule is COc1nc(NCCN)c2cc(Cl)c(-c3ccc(F)c4nc(N)sc34)c(F)c2n1. The van der Waals surface area contributed by atoms with Crippen LogP contribution < -0.4 is 21.5 Å². The van der Waals surface area contributed by atoms with Crippen LogP contribution in [0.4, 0.5) is 19.7 Å². The van der Waals surface area contributed by atoms with E-state index in [0.29, 0.717) is 34.6 Å². The molecule has 4 rings (SSSR count). The van der Waals surface area contributed by atoms with Crippen molar-refractivity contribution in [1.82, 2.24) is 15.0 Å². The fourth-order valence-corrected chi connectivity index (χ4v) is 4.19. The Labute approximate surface area is 172 Å². The van der Waals surface area contributed by atoms with E-state index in [4.69, 9.17) is 27.8 Å². The van der Waals surface area contributed by atoms with Crippen LogP contribution in [0.15, 0.2) is 18.2 Å². The van der Waals surface area contributed by atoms with Crippen molar-refractivity contribution < 1.29 is 13.5 Å². The lowest BCUT2D eigenvalue weighted by atomic mass is 10.0. The van der Waals surface area contributed by atoms with Gasteiger partial charge in [0.05, 0.1) is 16.8 Å². The number of hydrogen-bond donors (Lipinski definition) is 3. The Bertz CT molecular complexity index is 1250. The molecule has 0 aliphatic rings. The summed E-state index contributed by atoms with van der Waals surface area (Å²) in [5.74, 6) is -0.897. The molecule has 0 amide bonds. The zero-order valence-electron chi connectivity index (χ0n) is 15.1. The average molecular weight is 437 g/mol. The molecule has 0 saturated heterocycles. The molecule has 2 aromatic heterocycles. The van der Waals surface area contributed by atoms with Gasteiger partial charge >= 0.3 is 6.01 Å². The Kier molecular flexibility index (Phi) is 5.07. The average Bonchev–Trinajstić information content (AvgIpc) is 3.10. The number of rotatable bonds is 5. The standard InChI is InChI=1S/C18H15ClF2N6OS/c1-28-18-26-13-8(16(27-18)24-5-4-22)6-9(19)11(12(13)21)7-2-3-10(20)14-15(7)29-17(23)25-14/h2-3,6H,4-5,22H2,1H3,(H2,23,25)(H,24,26,27). The first-order valence-corrected chi connectivity index (χ1v) is 9.66. The first-order valence-electron chi connectivity index (χ1n) is 8.47. The van der Waals surface area contributed by atoms with Gasteiger partial charge in [0, 0.05) is 29.6 Å². The summed E-state index contributed by atoms with van der Waals surface area (Å²) in [6.07, 6.45) is 0. The zero-order chi connectivity index (χ0) is 20.7. The molecular weight excluding hydrogens is 422 g/mol. The number of halogens is 3. The summed E-state index contributed by atoms with van der Waals surface area (Å²) in [6, 6.07) is 4.17. The number of aromatic nitrogens is 3. The van der Waals surface area contributed by atoms with Crippen molar-refractivity contribution in [1.29, 1.82) is 0 Å². The quantitative estimate of drug-likeness (QED) is 0.436. The van der Waals surface area contributed by atoms with Crippen molar-refractivity contribution in [3.05, 3.63) is 34.9 Å². The molecular formula is C18H15ClF2N6OS. The second-order valence-electron chi connectivity index (χ2n) is 6.04. The van der Waals surface area contributed by atoms with Crippen LogP contribution in [0.5, 0.6) is 6.01 Å². The molecule has 0 saturated carbocycles. The van der Waals surface area contributed by atoms with E-state index in [1.165, 1.54) is 19.2 Å². The van der Waals surface area contributed by atoms with Crippen LogP contribution in [0, 0.1) is 11.6 Å². The summed E-state index contributed by atoms with van der Waals surface area (Å²) in [6.45, 7) is 0.761. The first kappa shape index (κ1) is 19.5. The van der Waals surface area contributed by atoms with Crippen LogP contribution in [0.2, 0.25) is 5.02 Å². The molecule has 29 heavy (non-hydrogen) atoms. The maximum absolute atomic E-state index is 15.6. The number of nitrogens with two attached hydrogens (primary N) is 2. The smallest absolute Gasteiger partial charge is 0.318 e. The zero-order valence-corrected chi connectivity index (χ0v) is 16.7. The lowest BCUT2D eigenvalue weighted by molar-refractivity contribution is 0.382. The molecule has 0 fully saturated rings. The molecule has 11 heteroatoms. The lowest BCUT2D eigenvalue weighted by Gasteiger charge is -2.14. The first-order chi connectivity index (χ1) is 13.9. The molecule has 0 unspecified atom stereocenters. The molecule has 2 heterocycles. The molecule has 0 spiro atoms. The van der Waals surface area contributed by atoms with Crippen molar-refractivity contribution in [3.8, 4) is 17.1 Å². The minimum atomic E-state index is -0.691. The Morgan fingerprint density at radius 3 is 2.72 bits per heavy atom. The van der Waals surface area contributed by atoms with Gasteiger partial charge in [-0.2, -0.15) is 9.97 Å². The van der Waals surface area contributed by atoms with Crippen LogP contribution >= 0.6 is 22.9 Å². The number of ether oxygens (including phenoxy) is 1. The van der Waals surface area contributed by atoms with Crippen molar-refractivity contribution in [2.45, 2.75) is 0 Å². The normalized spacial score (nSPS) is 11.3. The molecule has 4 aromatic rings. The van der Waals surface area contributed by atoms with E-state index < -0.39 is 11.6 Å². The second kappa shape index (κ2) is 7.54. The van der Waals surface area contributed by atoms with Crippen LogP contribution in [0.25, 0.3) is 32.2 Å². The maximum Gasteiger partial charge on any atom is 0.318 e. The highest BCUT2D eigenvalue weighted by atomic mass is 35.5. The van der Waals surface area contributed by atoms with Gasteiger partial charge in [-0.15, -0.1) is 0 Å². The van der Waals surface area contributed by atoms with Crippen molar-refractivity contribution in [3.63, 3.8) is 0 Å². The summed E-state index contributed by atoms with van der Waals surface area (Å²) in [4.78, 5) is 12.3. The third-order valence-electron chi connectivity index (χ3n) is 4.26. The molecule has 5 N–H and O–H groups in total. The highest BCUT2D eigenvalue weighted by Crippen LogP contribution is 2.42. The molecule has 0 aliphatic carbocycles. The number of nitrogens with zero attached hydrogens (tertiary/aromatic N) is 3. The van der Waals surface area contributed by atoms with Crippen molar-refractivity contribution >= 4 is 55.0 Å². The Morgan fingerprint density at radius 2 is 2.00 bits per heavy atom. The van der Waals surface area contributed by atoms with Crippen molar-refractivity contribution in [2.24, 2.45) is 5.73 Å². The Balaban J connectivity index is 2.03. The Morgan fingerprint density at radius 1 is 1.21 bits per heavy atom. The predicted molar refractivity (Wildman–Crippen MR) is 112 cm³/mol. The number of nitrogen functional groups attached to an aromatic ring is 1. The highest BCUT2D eigenvalue weighted by molar-refractivity contribution is 7.22. The van der Waals surface area contributed by atoms with E-state index in [1.54, 1.807) is 6.07 Å². The summed E-state index contributed by atoms with van der Waals surface area (Å²) in [7, 11) is 1.38. The highest BCUT2D eigenvalue weighted by Gasteiger charge is 2.22. The summed E-state index contributed by atoms with van der Waals surface area (Å²) < 4.78 is 35.3. The predicted octanol–water partition coefficient (Wildman–Crippen LogP) is 3.80. The van der Waals surface area contributed by atoms with Crippen LogP contribution in [-0.2, 0) is 0 Å². The van der Waals surface area contributed by atoms with Crippen LogP contribution in [-0.4, -0.2) is 35.2 Å². The molecule has 0 aliphatic heterocycles. The molecule has 0 radical (unpaired) electrons. The van der Waals surface area contributed by atoms with Gasteiger partial charge in [0.1, 0.15) is 22.7 Å². The number of fused-ring (bicyclic) bond motifs is 2. The molecule has 0 bridgehead atoms. The van der Waals surface area contributed by atoms with Gasteiger partial charge in [-0.1, -0.05) is 22.9 Å². The molecule has 2 aromatic carbocycles. The number of thiazole rings is 1. The van der Waals surface area contributed by atoms with Crippen LogP contribution in [0.1, 0.15) is 0 Å². The number of benzene rings is 2. The number of nitrogens with one attached hydrogen (secondary N) is 1. The van der Waals surface area contributed by atoms with Gasteiger partial charge in [-0.3, -0.25) is 0 Å². The van der Waals surface area contributed by atoms with E-state index in [2.05, 4.69) is 20.3 Å². The fraction of sp³-hybridized carbons (Fsp3) is 0.167. The largest absolute Gasteiger partial charge is 0.467 e. The second-order valence-corrected chi connectivity index (χ2v) is 7.48. The van der Waals surface area contributed by atoms with E-state index in [0.717, 1.165) is 11.3 Å². The summed E-state index contributed by atoms with van der Waals surface area (Å²) >= 11 is 7.50. The maximum atomic E-state index is 15.6. The molecule has 0 atom stereocenters. The third kappa shape index (κ3) is 3.28. The lowest BCUT2D eigenvalue weighted by Crippen LogP contribution is -2.14. The minimum absolute atomic E-state index is 0.00531. The topological polar surface area (TPSA) is 112 Å². The van der Waals surface area contributed by atoms with E-state index in [1.807, 2.05) is 0 Å². The monoisotopic (exact) mass is 436 g/mol. The molecule has 150 valence electrons. The van der Waals surface area contributed by atoms with Gasteiger partial charge in [0.2, 0.25) is 0 Å². The number of anilines is 2. The van der Waals surface area contributed by atoms with Gasteiger partial charge < -0.3 is 21.5 Å². The summed E-state index contributed by atoms with van der Waals surface area (Å²) in [5, 5.41) is 3.66. The van der Waals surface area contributed by atoms with Gasteiger partial charge in [0.25, 0.3) is 0 Å². The fourth-order valence-electron chi connectivity index (χ4n) is 3.03. The van der Waals surface area contributed by atoms with Gasteiger partial charge in [-0.25, -0.2) is 13.8 Å². The van der Waals surface area contributed by atoms with E-state index in [-0.39, 0.29) is 32.8 Å². The van der Waals surface area contributed by atoms with Gasteiger partial charge in [-0.05, 0) is 18.2 Å². The number of hydrogen-bond acceptors (Lipinski definition) is 8. The van der Waals surface area contributed by atoms with Crippen LogP contribution in [0.3, 0.4) is 0 Å². The Hall–Kier alpha value is -2.82. The minimum Gasteiger partial charge on any atom is -0.467 e. The van der Waals surface area contributed by atoms with E-state index in [9.17, 15) is 4.39 Å². The van der Waals surface area contributed by atoms with E-state index >= 15 is 4.39 Å². The van der Waals surface area contributed by atoms with Crippen molar-refractivity contribution in [2.75, 3.05) is 31.2 Å². The van der Waals surface area contributed by atoms with Gasteiger partial charge in [0.15, 0.2) is 10.9 Å². The number of methoxy groups -OCH3 is 1.